The minimum atomic E-state index is 0.0421. The zero-order chi connectivity index (χ0) is 12.3. The molecule has 0 atom stereocenters. The predicted octanol–water partition coefficient (Wildman–Crippen LogP) is 1.32. The molecule has 2 rings (SSSR count). The lowest BCUT2D eigenvalue weighted by molar-refractivity contribution is 0.0795. The maximum Gasteiger partial charge on any atom is 0.108 e. The van der Waals surface area contributed by atoms with Crippen LogP contribution in [0, 0.1) is 5.92 Å². The highest BCUT2D eigenvalue weighted by atomic mass is 16.5. The van der Waals surface area contributed by atoms with Crippen LogP contribution in [0.1, 0.15) is 38.8 Å². The van der Waals surface area contributed by atoms with E-state index in [4.69, 9.17) is 9.84 Å². The maximum atomic E-state index is 8.62. The number of ether oxygens (including phenoxy) is 1. The Morgan fingerprint density at radius 1 is 1.53 bits per heavy atom. The molecule has 0 spiro atoms. The van der Waals surface area contributed by atoms with Crippen molar-refractivity contribution in [2.24, 2.45) is 5.92 Å². The molecule has 5 heteroatoms. The number of aliphatic hydroxyl groups is 1. The fourth-order valence-corrected chi connectivity index (χ4v) is 2.19. The van der Waals surface area contributed by atoms with Gasteiger partial charge in [-0.3, -0.25) is 0 Å². The van der Waals surface area contributed by atoms with Gasteiger partial charge in [0.25, 0.3) is 0 Å². The van der Waals surface area contributed by atoms with E-state index in [2.05, 4.69) is 24.2 Å². The molecule has 0 aliphatic heterocycles. The Bertz CT molecular complexity index is 358. The van der Waals surface area contributed by atoms with E-state index < -0.39 is 0 Å². The van der Waals surface area contributed by atoms with Gasteiger partial charge in [-0.1, -0.05) is 11.6 Å². The number of nitrogens with zero attached hydrogens (tertiary/aromatic N) is 3. The highest BCUT2D eigenvalue weighted by molar-refractivity contribution is 4.96. The molecule has 17 heavy (non-hydrogen) atoms. The second kappa shape index (κ2) is 5.14. The Morgan fingerprint density at radius 3 is 2.88 bits per heavy atom. The minimum Gasteiger partial charge on any atom is -0.394 e. The molecule has 1 aliphatic carbocycles. The van der Waals surface area contributed by atoms with Crippen molar-refractivity contribution in [3.63, 3.8) is 0 Å². The maximum absolute atomic E-state index is 8.62. The van der Waals surface area contributed by atoms with Crippen molar-refractivity contribution in [1.82, 2.24) is 15.0 Å². The second-order valence-corrected chi connectivity index (χ2v) is 5.21. The van der Waals surface area contributed by atoms with Gasteiger partial charge >= 0.3 is 0 Å². The van der Waals surface area contributed by atoms with Gasteiger partial charge in [0.05, 0.1) is 31.6 Å². The molecule has 96 valence electrons. The van der Waals surface area contributed by atoms with E-state index in [-0.39, 0.29) is 12.1 Å². The number of hydrogen-bond acceptors (Lipinski definition) is 4. The van der Waals surface area contributed by atoms with Crippen molar-refractivity contribution in [1.29, 1.82) is 0 Å². The van der Waals surface area contributed by atoms with Crippen molar-refractivity contribution in [3.05, 3.63) is 11.9 Å². The highest BCUT2D eigenvalue weighted by Gasteiger charge is 2.36. The second-order valence-electron chi connectivity index (χ2n) is 5.21. The largest absolute Gasteiger partial charge is 0.394 e. The molecule has 0 amide bonds. The molecule has 0 aromatic carbocycles. The molecule has 1 aromatic rings. The topological polar surface area (TPSA) is 60.2 Å². The third-order valence-electron chi connectivity index (χ3n) is 3.72. The molecule has 1 fully saturated rings. The van der Waals surface area contributed by atoms with Crippen LogP contribution in [-0.2, 0) is 16.9 Å². The molecule has 1 heterocycles. The van der Waals surface area contributed by atoms with E-state index >= 15 is 0 Å². The van der Waals surface area contributed by atoms with Crippen molar-refractivity contribution in [2.45, 2.75) is 45.3 Å². The molecule has 0 bridgehead atoms. The Morgan fingerprint density at radius 2 is 2.29 bits per heavy atom. The summed E-state index contributed by atoms with van der Waals surface area (Å²) in [7, 11) is 0. The third kappa shape index (κ3) is 2.66. The van der Waals surface area contributed by atoms with E-state index in [0.29, 0.717) is 19.1 Å². The van der Waals surface area contributed by atoms with Crippen molar-refractivity contribution >= 4 is 0 Å². The summed E-state index contributed by atoms with van der Waals surface area (Å²) in [6.45, 7) is 5.23. The monoisotopic (exact) mass is 239 g/mol. The molecule has 0 unspecified atom stereocenters. The molecule has 5 nitrogen and oxygen atoms in total. The first-order valence-electron chi connectivity index (χ1n) is 6.25. The van der Waals surface area contributed by atoms with Crippen LogP contribution in [-0.4, -0.2) is 33.3 Å². The first-order valence-corrected chi connectivity index (χ1v) is 6.25. The van der Waals surface area contributed by atoms with Crippen LogP contribution in [0.4, 0.5) is 0 Å². The van der Waals surface area contributed by atoms with Crippen LogP contribution in [0.25, 0.3) is 0 Å². The zero-order valence-corrected chi connectivity index (χ0v) is 10.6. The van der Waals surface area contributed by atoms with Gasteiger partial charge in [-0.05, 0) is 32.6 Å². The standard InChI is InChI=1S/C12H21N3O2/c1-12(2,10-4-3-5-10)15-8-11(13-14-15)9-17-7-6-16/h8,10,16H,3-7,9H2,1-2H3. The van der Waals surface area contributed by atoms with Gasteiger partial charge in [-0.25, -0.2) is 4.68 Å². The molecule has 1 aromatic heterocycles. The molecule has 1 aliphatic rings. The zero-order valence-electron chi connectivity index (χ0n) is 10.6. The lowest BCUT2D eigenvalue weighted by Crippen LogP contribution is -2.39. The van der Waals surface area contributed by atoms with Gasteiger partial charge in [-0.15, -0.1) is 5.10 Å². The number of aliphatic hydroxyl groups excluding tert-OH is 1. The molecule has 1 saturated carbocycles. The van der Waals surface area contributed by atoms with Crippen LogP contribution in [0.15, 0.2) is 6.20 Å². The molecule has 1 N–H and O–H groups in total. The summed E-state index contributed by atoms with van der Waals surface area (Å²) in [5, 5.41) is 16.9. The molecule has 0 radical (unpaired) electrons. The number of aromatic nitrogens is 3. The van der Waals surface area contributed by atoms with E-state index in [1.807, 2.05) is 10.9 Å². The van der Waals surface area contributed by atoms with Gasteiger partial charge in [-0.2, -0.15) is 0 Å². The summed E-state index contributed by atoms with van der Waals surface area (Å²) < 4.78 is 7.18. The Hall–Kier alpha value is -0.940. The average molecular weight is 239 g/mol. The third-order valence-corrected chi connectivity index (χ3v) is 3.72. The summed E-state index contributed by atoms with van der Waals surface area (Å²) >= 11 is 0. The SMILES string of the molecule is CC(C)(C1CCC1)n1cc(COCCO)nn1. The van der Waals surface area contributed by atoms with Gasteiger partial charge in [0.1, 0.15) is 5.69 Å². The van der Waals surface area contributed by atoms with Crippen LogP contribution in [0.2, 0.25) is 0 Å². The number of rotatable bonds is 6. The van der Waals surface area contributed by atoms with Gasteiger partial charge < -0.3 is 9.84 Å². The molecular formula is C12H21N3O2. The minimum absolute atomic E-state index is 0.0421. The summed E-state index contributed by atoms with van der Waals surface area (Å²) in [6.07, 6.45) is 5.84. The summed E-state index contributed by atoms with van der Waals surface area (Å²) in [5.41, 5.74) is 0.867. The predicted molar refractivity (Wildman–Crippen MR) is 63.4 cm³/mol. The van der Waals surface area contributed by atoms with Crippen molar-refractivity contribution < 1.29 is 9.84 Å². The van der Waals surface area contributed by atoms with Crippen LogP contribution >= 0.6 is 0 Å². The highest BCUT2D eigenvalue weighted by Crippen LogP contribution is 2.39. The molecule has 0 saturated heterocycles. The summed E-state index contributed by atoms with van der Waals surface area (Å²) in [5.74, 6) is 0.704. The molecular weight excluding hydrogens is 218 g/mol. The van der Waals surface area contributed by atoms with Gasteiger partial charge in [0, 0.05) is 0 Å². The first kappa shape index (κ1) is 12.5. The normalized spacial score (nSPS) is 17.1. The van der Waals surface area contributed by atoms with E-state index in [1.54, 1.807) is 0 Å². The van der Waals surface area contributed by atoms with Crippen LogP contribution in [0.5, 0.6) is 0 Å². The van der Waals surface area contributed by atoms with E-state index in [9.17, 15) is 0 Å². The average Bonchev–Trinajstić information content (AvgIpc) is 2.64. The van der Waals surface area contributed by atoms with Crippen molar-refractivity contribution in [2.75, 3.05) is 13.2 Å². The van der Waals surface area contributed by atoms with E-state index in [1.165, 1.54) is 19.3 Å². The summed E-state index contributed by atoms with van der Waals surface area (Å²) in [6, 6.07) is 0. The first-order chi connectivity index (χ1) is 8.14. The lowest BCUT2D eigenvalue weighted by Gasteiger charge is -2.40. The quantitative estimate of drug-likeness (QED) is 0.761. The number of hydrogen-bond donors (Lipinski definition) is 1. The van der Waals surface area contributed by atoms with E-state index in [0.717, 1.165) is 5.69 Å². The fourth-order valence-electron chi connectivity index (χ4n) is 2.19. The van der Waals surface area contributed by atoms with Crippen LogP contribution < -0.4 is 0 Å². The van der Waals surface area contributed by atoms with Crippen LogP contribution in [0.3, 0.4) is 0 Å². The Labute approximate surface area is 102 Å². The van der Waals surface area contributed by atoms with Crippen molar-refractivity contribution in [3.8, 4) is 0 Å². The Balaban J connectivity index is 1.96. The lowest BCUT2D eigenvalue weighted by atomic mass is 9.73. The van der Waals surface area contributed by atoms with Gasteiger partial charge in [0.2, 0.25) is 0 Å². The summed E-state index contributed by atoms with van der Waals surface area (Å²) in [4.78, 5) is 0. The fraction of sp³-hybridized carbons (Fsp3) is 0.833. The Kier molecular flexibility index (Phi) is 3.79. The smallest absolute Gasteiger partial charge is 0.108 e. The van der Waals surface area contributed by atoms with Gasteiger partial charge in [0.15, 0.2) is 0 Å².